The summed E-state index contributed by atoms with van der Waals surface area (Å²) >= 11 is 3.36. The number of anilines is 1. The molecule has 0 atom stereocenters. The second kappa shape index (κ2) is 8.30. The van der Waals surface area contributed by atoms with E-state index in [9.17, 15) is 14.4 Å². The fourth-order valence-electron chi connectivity index (χ4n) is 1.71. The smallest absolute Gasteiger partial charge is 0.325 e. The number of hydrogen-bond donors (Lipinski definition) is 2. The summed E-state index contributed by atoms with van der Waals surface area (Å²) in [5, 5.41) is 4.93. The number of carbonyl (C=O) groups excluding carboxylic acids is 3. The SMILES string of the molecule is Cc1ccc(NC(=O)COC(=O)CNC(=O)c2ccco2)cc1Br. The lowest BCUT2D eigenvalue weighted by Gasteiger charge is -2.08. The molecule has 2 N–H and O–H groups in total. The van der Waals surface area contributed by atoms with Crippen LogP contribution in [0.25, 0.3) is 0 Å². The van der Waals surface area contributed by atoms with Crippen molar-refractivity contribution >= 4 is 39.4 Å². The zero-order valence-electron chi connectivity index (χ0n) is 12.8. The van der Waals surface area contributed by atoms with Gasteiger partial charge in [-0.05, 0) is 36.8 Å². The number of carbonyl (C=O) groups is 3. The maximum absolute atomic E-state index is 11.7. The number of benzene rings is 1. The van der Waals surface area contributed by atoms with Crippen molar-refractivity contribution in [3.8, 4) is 0 Å². The molecule has 0 bridgehead atoms. The van der Waals surface area contributed by atoms with E-state index < -0.39 is 24.4 Å². The second-order valence-electron chi connectivity index (χ2n) is 4.83. The molecule has 0 aliphatic rings. The topological polar surface area (TPSA) is 97.6 Å². The minimum Gasteiger partial charge on any atom is -0.459 e. The fraction of sp³-hybridized carbons (Fsp3) is 0.188. The van der Waals surface area contributed by atoms with Gasteiger partial charge in [0.15, 0.2) is 12.4 Å². The van der Waals surface area contributed by atoms with E-state index in [2.05, 4.69) is 26.6 Å². The summed E-state index contributed by atoms with van der Waals surface area (Å²) in [5.74, 6) is -1.65. The first-order chi connectivity index (χ1) is 11.5. The number of ether oxygens (including phenoxy) is 1. The van der Waals surface area contributed by atoms with E-state index >= 15 is 0 Å². The van der Waals surface area contributed by atoms with Gasteiger partial charge in [0.25, 0.3) is 11.8 Å². The Kier molecular flexibility index (Phi) is 6.14. The number of furan rings is 1. The number of esters is 1. The number of halogens is 1. The van der Waals surface area contributed by atoms with Crippen LogP contribution in [0.15, 0.2) is 45.5 Å². The number of aryl methyl sites for hydroxylation is 1. The quantitative estimate of drug-likeness (QED) is 0.732. The van der Waals surface area contributed by atoms with Gasteiger partial charge in [-0.15, -0.1) is 0 Å². The van der Waals surface area contributed by atoms with Crippen LogP contribution >= 0.6 is 15.9 Å². The van der Waals surface area contributed by atoms with Crippen molar-refractivity contribution in [2.45, 2.75) is 6.92 Å². The van der Waals surface area contributed by atoms with Gasteiger partial charge < -0.3 is 19.8 Å². The molecule has 0 aliphatic carbocycles. The summed E-state index contributed by atoms with van der Waals surface area (Å²) in [4.78, 5) is 34.8. The van der Waals surface area contributed by atoms with E-state index in [1.807, 2.05) is 13.0 Å². The Hall–Kier alpha value is -2.61. The van der Waals surface area contributed by atoms with Crippen molar-refractivity contribution in [3.05, 3.63) is 52.4 Å². The van der Waals surface area contributed by atoms with Crippen LogP contribution in [-0.2, 0) is 14.3 Å². The zero-order chi connectivity index (χ0) is 17.5. The number of hydrogen-bond acceptors (Lipinski definition) is 5. The van der Waals surface area contributed by atoms with Crippen LogP contribution in [0.2, 0.25) is 0 Å². The lowest BCUT2D eigenvalue weighted by atomic mass is 10.2. The van der Waals surface area contributed by atoms with Crippen LogP contribution in [0.1, 0.15) is 16.1 Å². The monoisotopic (exact) mass is 394 g/mol. The molecule has 0 fully saturated rings. The van der Waals surface area contributed by atoms with E-state index in [-0.39, 0.29) is 12.3 Å². The third-order valence-electron chi connectivity index (χ3n) is 2.96. The summed E-state index contributed by atoms with van der Waals surface area (Å²) in [6, 6.07) is 8.35. The molecule has 8 heteroatoms. The normalized spacial score (nSPS) is 10.1. The van der Waals surface area contributed by atoms with Crippen molar-refractivity contribution in [1.29, 1.82) is 0 Å². The highest BCUT2D eigenvalue weighted by Crippen LogP contribution is 2.20. The van der Waals surface area contributed by atoms with Gasteiger partial charge in [-0.1, -0.05) is 22.0 Å². The van der Waals surface area contributed by atoms with Crippen molar-refractivity contribution in [3.63, 3.8) is 0 Å². The highest BCUT2D eigenvalue weighted by molar-refractivity contribution is 9.10. The van der Waals surface area contributed by atoms with E-state index in [1.54, 1.807) is 18.2 Å². The van der Waals surface area contributed by atoms with Crippen molar-refractivity contribution in [1.82, 2.24) is 5.32 Å². The maximum Gasteiger partial charge on any atom is 0.325 e. The van der Waals surface area contributed by atoms with Gasteiger partial charge in [0.1, 0.15) is 6.54 Å². The third kappa shape index (κ3) is 5.24. The number of nitrogens with one attached hydrogen (secondary N) is 2. The minimum absolute atomic E-state index is 0.0884. The molecule has 0 radical (unpaired) electrons. The van der Waals surface area contributed by atoms with Crippen molar-refractivity contribution in [2.75, 3.05) is 18.5 Å². The molecular formula is C16H15BrN2O5. The van der Waals surface area contributed by atoms with Crippen LogP contribution < -0.4 is 10.6 Å². The highest BCUT2D eigenvalue weighted by Gasteiger charge is 2.12. The van der Waals surface area contributed by atoms with E-state index in [4.69, 9.17) is 9.15 Å². The average Bonchev–Trinajstić information content (AvgIpc) is 3.08. The van der Waals surface area contributed by atoms with Gasteiger partial charge in [-0.25, -0.2) is 0 Å². The molecule has 0 saturated heterocycles. The van der Waals surface area contributed by atoms with Crippen molar-refractivity contribution < 1.29 is 23.5 Å². The van der Waals surface area contributed by atoms with Crippen LogP contribution in [0, 0.1) is 6.92 Å². The Labute approximate surface area is 146 Å². The Morgan fingerprint density at radius 2 is 2.04 bits per heavy atom. The molecule has 2 amide bonds. The Morgan fingerprint density at radius 3 is 2.71 bits per heavy atom. The lowest BCUT2D eigenvalue weighted by molar-refractivity contribution is -0.146. The summed E-state index contributed by atoms with van der Waals surface area (Å²) in [6.45, 7) is 1.12. The van der Waals surface area contributed by atoms with Crippen LogP contribution in [0.5, 0.6) is 0 Å². The van der Waals surface area contributed by atoms with E-state index in [0.717, 1.165) is 10.0 Å². The van der Waals surface area contributed by atoms with Gasteiger partial charge in [0.2, 0.25) is 0 Å². The average molecular weight is 395 g/mol. The molecule has 126 valence electrons. The predicted molar refractivity (Wildman–Crippen MR) is 89.5 cm³/mol. The molecule has 0 spiro atoms. The summed E-state index contributed by atoms with van der Waals surface area (Å²) in [7, 11) is 0. The van der Waals surface area contributed by atoms with Crippen molar-refractivity contribution in [2.24, 2.45) is 0 Å². The van der Waals surface area contributed by atoms with Crippen LogP contribution in [-0.4, -0.2) is 30.9 Å². The summed E-state index contributed by atoms with van der Waals surface area (Å²) in [5.41, 5.74) is 1.62. The highest BCUT2D eigenvalue weighted by atomic mass is 79.9. The molecular weight excluding hydrogens is 380 g/mol. The van der Waals surface area contributed by atoms with E-state index in [1.165, 1.54) is 12.3 Å². The predicted octanol–water partition coefficient (Wildman–Crippen LogP) is 2.26. The standard InChI is InChI=1S/C16H15BrN2O5/c1-10-4-5-11(7-12(10)17)19-14(20)9-24-15(21)8-18-16(22)13-3-2-6-23-13/h2-7H,8-9H2,1H3,(H,18,22)(H,19,20). The maximum atomic E-state index is 11.7. The molecule has 0 aliphatic heterocycles. The molecule has 1 heterocycles. The number of rotatable bonds is 6. The van der Waals surface area contributed by atoms with Gasteiger partial charge >= 0.3 is 5.97 Å². The second-order valence-corrected chi connectivity index (χ2v) is 5.69. The molecule has 0 saturated carbocycles. The lowest BCUT2D eigenvalue weighted by Crippen LogP contribution is -2.32. The first-order valence-electron chi connectivity index (χ1n) is 6.99. The zero-order valence-corrected chi connectivity index (χ0v) is 14.4. The van der Waals surface area contributed by atoms with Crippen LogP contribution in [0.4, 0.5) is 5.69 Å². The fourth-order valence-corrected chi connectivity index (χ4v) is 2.09. The number of amides is 2. The first kappa shape index (κ1) is 17.7. The molecule has 1 aromatic heterocycles. The minimum atomic E-state index is -0.727. The van der Waals surface area contributed by atoms with Crippen LogP contribution in [0.3, 0.4) is 0 Å². The third-order valence-corrected chi connectivity index (χ3v) is 3.81. The van der Waals surface area contributed by atoms with Gasteiger partial charge in [0.05, 0.1) is 6.26 Å². The van der Waals surface area contributed by atoms with Gasteiger partial charge in [-0.3, -0.25) is 14.4 Å². The Morgan fingerprint density at radius 1 is 1.25 bits per heavy atom. The Balaban J connectivity index is 1.72. The molecule has 2 rings (SSSR count). The van der Waals surface area contributed by atoms with E-state index in [0.29, 0.717) is 5.69 Å². The molecule has 7 nitrogen and oxygen atoms in total. The molecule has 0 unspecified atom stereocenters. The summed E-state index contributed by atoms with van der Waals surface area (Å²) in [6.07, 6.45) is 1.35. The Bertz CT molecular complexity index is 743. The molecule has 1 aromatic carbocycles. The molecule has 24 heavy (non-hydrogen) atoms. The first-order valence-corrected chi connectivity index (χ1v) is 7.78. The largest absolute Gasteiger partial charge is 0.459 e. The molecule has 2 aromatic rings. The summed E-state index contributed by atoms with van der Waals surface area (Å²) < 4.78 is 10.5. The van der Waals surface area contributed by atoms with Gasteiger partial charge in [0, 0.05) is 10.2 Å². The van der Waals surface area contributed by atoms with Gasteiger partial charge in [-0.2, -0.15) is 0 Å².